The molecule has 3 aromatic rings. The first-order valence-corrected chi connectivity index (χ1v) is 9.41. The summed E-state index contributed by atoms with van der Waals surface area (Å²) in [5.41, 5.74) is 6.69. The van der Waals surface area contributed by atoms with Gasteiger partial charge in [0.2, 0.25) is 0 Å². The first-order chi connectivity index (χ1) is 14.5. The van der Waals surface area contributed by atoms with E-state index < -0.39 is 11.8 Å². The van der Waals surface area contributed by atoms with E-state index >= 15 is 0 Å². The lowest BCUT2D eigenvalue weighted by Crippen LogP contribution is -2.21. The number of carbonyl (C=O) groups excluding carboxylic acids is 2. The number of halogens is 2. The maximum Gasteiger partial charge on any atom is 0.289 e. The molecule has 0 bridgehead atoms. The van der Waals surface area contributed by atoms with Gasteiger partial charge in [-0.3, -0.25) is 14.6 Å². The molecule has 1 heterocycles. The van der Waals surface area contributed by atoms with Gasteiger partial charge in [-0.25, -0.2) is 10.9 Å². The van der Waals surface area contributed by atoms with Gasteiger partial charge in [0, 0.05) is 16.2 Å². The molecule has 0 aliphatic rings. The van der Waals surface area contributed by atoms with Crippen LogP contribution in [0.5, 0.6) is 0 Å². The summed E-state index contributed by atoms with van der Waals surface area (Å²) >= 11 is 11.6. The molecule has 0 radical (unpaired) electrons. The van der Waals surface area contributed by atoms with Crippen LogP contribution in [0.4, 0.5) is 0 Å². The number of pyridine rings is 1. The molecule has 0 spiro atoms. The van der Waals surface area contributed by atoms with Crippen LogP contribution in [-0.2, 0) is 0 Å². The van der Waals surface area contributed by atoms with Crippen LogP contribution < -0.4 is 10.9 Å². The Morgan fingerprint density at radius 3 is 1.70 bits per heavy atom. The predicted molar refractivity (Wildman–Crippen MR) is 117 cm³/mol. The van der Waals surface area contributed by atoms with Gasteiger partial charge in [0.1, 0.15) is 5.69 Å². The van der Waals surface area contributed by atoms with Crippen LogP contribution in [0.25, 0.3) is 0 Å². The fraction of sp³-hybridized carbons (Fsp3) is 0. The van der Waals surface area contributed by atoms with Crippen molar-refractivity contribution in [2.45, 2.75) is 0 Å². The van der Waals surface area contributed by atoms with Crippen molar-refractivity contribution in [2.24, 2.45) is 10.2 Å². The van der Waals surface area contributed by atoms with Crippen molar-refractivity contribution in [3.63, 3.8) is 0 Å². The third-order valence-electron chi connectivity index (χ3n) is 3.76. The van der Waals surface area contributed by atoms with E-state index in [9.17, 15) is 9.59 Å². The Bertz CT molecular complexity index is 991. The van der Waals surface area contributed by atoms with Gasteiger partial charge in [-0.15, -0.1) is 0 Å². The zero-order valence-electron chi connectivity index (χ0n) is 15.4. The minimum atomic E-state index is -0.507. The van der Waals surface area contributed by atoms with Crippen molar-refractivity contribution < 1.29 is 9.59 Å². The highest BCUT2D eigenvalue weighted by atomic mass is 35.5. The monoisotopic (exact) mass is 439 g/mol. The number of aromatic nitrogens is 1. The third kappa shape index (κ3) is 6.23. The lowest BCUT2D eigenvalue weighted by molar-refractivity contribution is 0.0939. The quantitative estimate of drug-likeness (QED) is 0.449. The minimum Gasteiger partial charge on any atom is -0.267 e. The molecule has 30 heavy (non-hydrogen) atoms. The number of nitrogens with one attached hydrogen (secondary N) is 2. The van der Waals surface area contributed by atoms with E-state index in [1.54, 1.807) is 48.5 Å². The molecule has 0 aliphatic heterocycles. The summed E-state index contributed by atoms with van der Waals surface area (Å²) < 4.78 is 0. The molecule has 0 atom stereocenters. The Kier molecular flexibility index (Phi) is 7.26. The standard InChI is InChI=1S/C21H15Cl2N5O2/c22-17-6-1-14(2-7-17)11-25-27-20(29)16-5-10-19(24-13-16)21(30)28-26-12-15-3-8-18(23)9-4-15/h1-13H,(H,27,29)(H,28,30)/b25-11-,26-12-. The molecule has 9 heteroatoms. The third-order valence-corrected chi connectivity index (χ3v) is 4.26. The Labute approximate surface area is 182 Å². The van der Waals surface area contributed by atoms with Crippen LogP contribution in [0.2, 0.25) is 10.0 Å². The van der Waals surface area contributed by atoms with Gasteiger partial charge in [-0.2, -0.15) is 10.2 Å². The van der Waals surface area contributed by atoms with Crippen LogP contribution in [0.1, 0.15) is 32.0 Å². The van der Waals surface area contributed by atoms with Crippen LogP contribution in [0, 0.1) is 0 Å². The lowest BCUT2D eigenvalue weighted by Gasteiger charge is -2.02. The van der Waals surface area contributed by atoms with Crippen LogP contribution in [0.15, 0.2) is 77.1 Å². The second-order valence-electron chi connectivity index (χ2n) is 5.93. The Morgan fingerprint density at radius 2 is 1.23 bits per heavy atom. The van der Waals surface area contributed by atoms with Crippen LogP contribution >= 0.6 is 23.2 Å². The summed E-state index contributed by atoms with van der Waals surface area (Å²) in [5, 5.41) is 8.97. The molecule has 0 unspecified atom stereocenters. The molecular weight excluding hydrogens is 425 g/mol. The normalized spacial score (nSPS) is 11.0. The van der Waals surface area contributed by atoms with E-state index in [2.05, 4.69) is 26.0 Å². The fourth-order valence-electron chi connectivity index (χ4n) is 2.21. The minimum absolute atomic E-state index is 0.115. The molecule has 0 saturated heterocycles. The topological polar surface area (TPSA) is 95.8 Å². The number of amides is 2. The highest BCUT2D eigenvalue weighted by molar-refractivity contribution is 6.30. The van der Waals surface area contributed by atoms with Crippen molar-refractivity contribution >= 4 is 47.4 Å². The summed E-state index contributed by atoms with van der Waals surface area (Å²) in [6.45, 7) is 0. The Balaban J connectivity index is 1.53. The average Bonchev–Trinajstić information content (AvgIpc) is 2.76. The second-order valence-corrected chi connectivity index (χ2v) is 6.81. The molecule has 0 saturated carbocycles. The average molecular weight is 440 g/mol. The van der Waals surface area contributed by atoms with Crippen molar-refractivity contribution in [2.75, 3.05) is 0 Å². The molecule has 150 valence electrons. The van der Waals surface area contributed by atoms with Gasteiger partial charge in [0.25, 0.3) is 11.8 Å². The van der Waals surface area contributed by atoms with Gasteiger partial charge in [0.05, 0.1) is 18.0 Å². The Hall–Kier alpha value is -3.55. The summed E-state index contributed by atoms with van der Waals surface area (Å²) in [6.07, 6.45) is 4.25. The maximum absolute atomic E-state index is 12.1. The van der Waals surface area contributed by atoms with Gasteiger partial charge in [-0.1, -0.05) is 47.5 Å². The number of benzene rings is 2. The van der Waals surface area contributed by atoms with Gasteiger partial charge in [-0.05, 0) is 47.5 Å². The molecular formula is C21H15Cl2N5O2. The molecule has 3 rings (SSSR count). The molecule has 2 N–H and O–H groups in total. The van der Waals surface area contributed by atoms with Crippen molar-refractivity contribution in [3.8, 4) is 0 Å². The van der Waals surface area contributed by atoms with Crippen molar-refractivity contribution in [3.05, 3.63) is 99.3 Å². The molecule has 2 amide bonds. The number of hydrogen-bond acceptors (Lipinski definition) is 5. The SMILES string of the molecule is O=C(N/N=C\c1ccc(Cl)cc1)c1ccc(C(=O)N/N=C\c2ccc(Cl)cc2)nc1. The lowest BCUT2D eigenvalue weighted by atomic mass is 10.2. The van der Waals surface area contributed by atoms with Crippen LogP contribution in [-0.4, -0.2) is 29.2 Å². The number of rotatable bonds is 6. The molecule has 7 nitrogen and oxygen atoms in total. The predicted octanol–water partition coefficient (Wildman–Crippen LogP) is 3.92. The van der Waals surface area contributed by atoms with E-state index in [0.29, 0.717) is 10.0 Å². The van der Waals surface area contributed by atoms with Gasteiger partial charge in [0.15, 0.2) is 0 Å². The number of carbonyl (C=O) groups is 2. The van der Waals surface area contributed by atoms with E-state index in [-0.39, 0.29) is 11.3 Å². The van der Waals surface area contributed by atoms with E-state index in [4.69, 9.17) is 23.2 Å². The summed E-state index contributed by atoms with van der Waals surface area (Å²) in [4.78, 5) is 28.2. The molecule has 0 aliphatic carbocycles. The van der Waals surface area contributed by atoms with Crippen LogP contribution in [0.3, 0.4) is 0 Å². The van der Waals surface area contributed by atoms with Gasteiger partial charge < -0.3 is 0 Å². The Morgan fingerprint density at radius 1 is 0.733 bits per heavy atom. The van der Waals surface area contributed by atoms with Crippen molar-refractivity contribution in [1.82, 2.24) is 15.8 Å². The fourth-order valence-corrected chi connectivity index (χ4v) is 2.46. The number of nitrogens with zero attached hydrogens (tertiary/aromatic N) is 3. The summed E-state index contributed by atoms with van der Waals surface area (Å²) in [6, 6.07) is 16.8. The molecule has 0 fully saturated rings. The van der Waals surface area contributed by atoms with E-state index in [1.165, 1.54) is 30.8 Å². The summed E-state index contributed by atoms with van der Waals surface area (Å²) in [7, 11) is 0. The number of hydrazone groups is 2. The molecule has 1 aromatic heterocycles. The largest absolute Gasteiger partial charge is 0.289 e. The highest BCUT2D eigenvalue weighted by Gasteiger charge is 2.09. The zero-order valence-corrected chi connectivity index (χ0v) is 16.9. The number of hydrogen-bond donors (Lipinski definition) is 2. The van der Waals surface area contributed by atoms with E-state index in [0.717, 1.165) is 11.1 Å². The van der Waals surface area contributed by atoms with Crippen molar-refractivity contribution in [1.29, 1.82) is 0 Å². The highest BCUT2D eigenvalue weighted by Crippen LogP contribution is 2.08. The smallest absolute Gasteiger partial charge is 0.267 e. The first-order valence-electron chi connectivity index (χ1n) is 8.65. The molecule has 2 aromatic carbocycles. The van der Waals surface area contributed by atoms with Gasteiger partial charge >= 0.3 is 0 Å². The summed E-state index contributed by atoms with van der Waals surface area (Å²) in [5.74, 6) is -0.964. The maximum atomic E-state index is 12.1. The first kappa shape index (κ1) is 21.2. The zero-order chi connectivity index (χ0) is 21.3. The van der Waals surface area contributed by atoms with E-state index in [1.807, 2.05) is 0 Å². The second kappa shape index (κ2) is 10.3.